The second kappa shape index (κ2) is 31.4. The molecule has 0 atom stereocenters. The van der Waals surface area contributed by atoms with Crippen LogP contribution in [0.2, 0.25) is 24.2 Å². The van der Waals surface area contributed by atoms with Crippen LogP contribution in [0, 0.1) is 0 Å². The van der Waals surface area contributed by atoms with Crippen molar-refractivity contribution in [2.24, 2.45) is 0 Å². The molecule has 0 radical (unpaired) electrons. The lowest BCUT2D eigenvalue weighted by molar-refractivity contribution is 0.318. The van der Waals surface area contributed by atoms with Gasteiger partial charge in [-0.2, -0.15) is 0 Å². The van der Waals surface area contributed by atoms with Gasteiger partial charge in [-0.1, -0.05) is 143 Å². The van der Waals surface area contributed by atoms with Crippen LogP contribution in [-0.4, -0.2) is 31.3 Å². The molecule has 0 unspecified atom stereocenters. The van der Waals surface area contributed by atoms with Crippen molar-refractivity contribution in [2.45, 2.75) is 181 Å². The lowest BCUT2D eigenvalue weighted by Gasteiger charge is -2.28. The molecule has 0 saturated carbocycles. The van der Waals surface area contributed by atoms with Gasteiger partial charge in [0.15, 0.2) is 18.1 Å². The van der Waals surface area contributed by atoms with Crippen LogP contribution in [0.4, 0.5) is 0 Å². The molecule has 0 aliphatic carbocycles. The summed E-state index contributed by atoms with van der Waals surface area (Å²) in [6, 6.07) is 5.27. The molecule has 0 N–H and O–H groups in total. The molecule has 0 aliphatic heterocycles. The van der Waals surface area contributed by atoms with E-state index in [-0.39, 0.29) is 9.76 Å². The zero-order chi connectivity index (χ0) is 25.6. The molecule has 0 saturated heterocycles. The molecule has 0 rings (SSSR count). The van der Waals surface area contributed by atoms with Crippen molar-refractivity contribution >= 4 is 18.1 Å². The van der Waals surface area contributed by atoms with Crippen LogP contribution in [0.15, 0.2) is 0 Å². The summed E-state index contributed by atoms with van der Waals surface area (Å²) >= 11 is 0. The molecule has 0 heterocycles. The minimum atomic E-state index is -1.35. The van der Waals surface area contributed by atoms with Crippen LogP contribution in [0.3, 0.4) is 0 Å². The molecule has 0 aromatic heterocycles. The maximum Gasteiger partial charge on any atom is 0.192 e. The minimum Gasteiger partial charge on any atom is -0.424 e. The van der Waals surface area contributed by atoms with Crippen LogP contribution < -0.4 is 0 Å². The predicted octanol–water partition coefficient (Wildman–Crippen LogP) is 10.6. The monoisotopic (exact) mass is 516 g/mol. The van der Waals surface area contributed by atoms with Crippen molar-refractivity contribution in [2.75, 3.05) is 13.2 Å². The molecule has 0 aromatic carbocycles. The van der Waals surface area contributed by atoms with Gasteiger partial charge < -0.3 is 8.85 Å². The van der Waals surface area contributed by atoms with E-state index in [1.807, 2.05) is 6.92 Å². The quantitative estimate of drug-likeness (QED) is 0.0840. The minimum absolute atomic E-state index is 0.0783. The number of rotatable bonds is 26. The highest BCUT2D eigenvalue weighted by atomic mass is 28.4. The molecule has 2 nitrogen and oxygen atoms in total. The van der Waals surface area contributed by atoms with Crippen molar-refractivity contribution in [1.82, 2.24) is 0 Å². The van der Waals surface area contributed by atoms with E-state index in [4.69, 9.17) is 8.85 Å². The van der Waals surface area contributed by atoms with E-state index < -0.39 is 8.32 Å². The van der Waals surface area contributed by atoms with Crippen LogP contribution in [0.5, 0.6) is 0 Å². The van der Waals surface area contributed by atoms with Crippen molar-refractivity contribution in [3.8, 4) is 0 Å². The fourth-order valence-corrected chi connectivity index (χ4v) is 8.67. The van der Waals surface area contributed by atoms with Crippen LogP contribution in [0.1, 0.15) is 157 Å². The predicted molar refractivity (Wildman–Crippen MR) is 163 cm³/mol. The second-order valence-corrected chi connectivity index (χ2v) is 16.7. The van der Waals surface area contributed by atoms with E-state index in [0.717, 1.165) is 13.2 Å². The Bertz CT molecular complexity index is 345. The fourth-order valence-electron chi connectivity index (χ4n) is 4.82. The molecule has 0 amide bonds. The van der Waals surface area contributed by atoms with Gasteiger partial charge in [0.2, 0.25) is 0 Å². The van der Waals surface area contributed by atoms with Gasteiger partial charge in [0.05, 0.1) is 0 Å². The third-order valence-electron chi connectivity index (χ3n) is 7.28. The molecule has 0 bridgehead atoms. The average molecular weight is 517 g/mol. The number of hydrogen-bond acceptors (Lipinski definition) is 2. The number of unbranched alkanes of at least 4 members (excludes halogenated alkanes) is 17. The standard InChI is InChI=1S/C26H56OSi.C4H12OSi/c1-5-9-10-11-12-13-14-15-16-17-18-19-20-21-22-23-24-25-26-28(7-3,8-4)27-6-2;1-3-5-6-4-2/h5-26H2,1-4H3;3-4,6H2,1-2H3. The van der Waals surface area contributed by atoms with Crippen molar-refractivity contribution in [3.63, 3.8) is 0 Å². The van der Waals surface area contributed by atoms with Gasteiger partial charge in [0.25, 0.3) is 0 Å². The van der Waals surface area contributed by atoms with E-state index >= 15 is 0 Å². The molecule has 0 aromatic rings. The van der Waals surface area contributed by atoms with E-state index in [2.05, 4.69) is 34.6 Å². The Morgan fingerprint density at radius 2 is 0.853 bits per heavy atom. The summed E-state index contributed by atoms with van der Waals surface area (Å²) in [5.41, 5.74) is 0. The molecule has 0 fully saturated rings. The SMILES string of the molecule is CCCCCCCCCCCCCCCCCCCC[Si](CC)(CC)OCC.CCO[SiH2]CC. The van der Waals surface area contributed by atoms with Gasteiger partial charge in [0, 0.05) is 13.2 Å². The Hall–Kier alpha value is 0.354. The highest BCUT2D eigenvalue weighted by Crippen LogP contribution is 2.25. The zero-order valence-corrected chi connectivity index (χ0v) is 27.4. The van der Waals surface area contributed by atoms with Crippen LogP contribution >= 0.6 is 0 Å². The first-order chi connectivity index (χ1) is 16.7. The van der Waals surface area contributed by atoms with E-state index in [0.29, 0.717) is 0 Å². The van der Waals surface area contributed by atoms with Crippen LogP contribution in [-0.2, 0) is 8.85 Å². The van der Waals surface area contributed by atoms with Crippen LogP contribution in [0.25, 0.3) is 0 Å². The number of hydrogen-bond donors (Lipinski definition) is 0. The maximum absolute atomic E-state index is 6.20. The lowest BCUT2D eigenvalue weighted by atomic mass is 10.0. The zero-order valence-electron chi connectivity index (χ0n) is 25.0. The molecule has 34 heavy (non-hydrogen) atoms. The van der Waals surface area contributed by atoms with E-state index in [1.165, 1.54) is 140 Å². The van der Waals surface area contributed by atoms with Gasteiger partial charge in [-0.05, 0) is 38.0 Å². The summed E-state index contributed by atoms with van der Waals surface area (Å²) in [4.78, 5) is 0. The topological polar surface area (TPSA) is 18.5 Å². The van der Waals surface area contributed by atoms with Gasteiger partial charge >= 0.3 is 0 Å². The first-order valence-corrected chi connectivity index (χ1v) is 20.0. The largest absolute Gasteiger partial charge is 0.424 e. The van der Waals surface area contributed by atoms with Gasteiger partial charge in [-0.3, -0.25) is 0 Å². The molecule has 0 spiro atoms. The summed E-state index contributed by atoms with van der Waals surface area (Å²) in [6.07, 6.45) is 26.3. The molecule has 0 aliphatic rings. The Kier molecular flexibility index (Phi) is 33.7. The summed E-state index contributed by atoms with van der Waals surface area (Å²) in [7, 11) is -1.43. The second-order valence-electron chi connectivity index (χ2n) is 10.3. The molecular weight excluding hydrogens is 449 g/mol. The Labute approximate surface area is 221 Å². The first-order valence-electron chi connectivity index (χ1n) is 15.9. The lowest BCUT2D eigenvalue weighted by Crippen LogP contribution is -2.36. The van der Waals surface area contributed by atoms with Crippen molar-refractivity contribution in [3.05, 3.63) is 0 Å². The Morgan fingerprint density at radius 1 is 0.471 bits per heavy atom. The highest BCUT2D eigenvalue weighted by molar-refractivity contribution is 6.73. The van der Waals surface area contributed by atoms with E-state index in [1.54, 1.807) is 0 Å². The summed E-state index contributed by atoms with van der Waals surface area (Å²) < 4.78 is 11.3. The smallest absolute Gasteiger partial charge is 0.192 e. The van der Waals surface area contributed by atoms with Gasteiger partial charge in [-0.25, -0.2) is 0 Å². The molecule has 208 valence electrons. The summed E-state index contributed by atoms with van der Waals surface area (Å²) in [5.74, 6) is 0. The van der Waals surface area contributed by atoms with Gasteiger partial charge in [-0.15, -0.1) is 0 Å². The van der Waals surface area contributed by atoms with E-state index in [9.17, 15) is 0 Å². The maximum atomic E-state index is 6.20. The summed E-state index contributed by atoms with van der Waals surface area (Å²) in [6.45, 7) is 15.2. The van der Waals surface area contributed by atoms with Gasteiger partial charge in [0.1, 0.15) is 0 Å². The molecule has 4 heteroatoms. The first kappa shape index (κ1) is 36.5. The molecular formula is C30H68O2Si2. The van der Waals surface area contributed by atoms with Crippen molar-refractivity contribution < 1.29 is 8.85 Å². The Balaban J connectivity index is 0. The third kappa shape index (κ3) is 26.9. The average Bonchev–Trinajstić information content (AvgIpc) is 2.86. The van der Waals surface area contributed by atoms with Crippen molar-refractivity contribution in [1.29, 1.82) is 0 Å². The fraction of sp³-hybridized carbons (Fsp3) is 1.00. The third-order valence-corrected chi connectivity index (χ3v) is 13.1. The Morgan fingerprint density at radius 3 is 1.12 bits per heavy atom. The highest BCUT2D eigenvalue weighted by Gasteiger charge is 2.29. The summed E-state index contributed by atoms with van der Waals surface area (Å²) in [5, 5.41) is 0. The normalized spacial score (nSPS) is 11.8.